The second-order valence-corrected chi connectivity index (χ2v) is 9.70. The van der Waals surface area contributed by atoms with Crippen LogP contribution in [0.4, 0.5) is 10.1 Å². The van der Waals surface area contributed by atoms with E-state index >= 15 is 0 Å². The third kappa shape index (κ3) is 6.60. The van der Waals surface area contributed by atoms with Crippen molar-refractivity contribution >= 4 is 17.4 Å². The number of Topliss-reactive ketones (excluding diaryl/α,β-unsaturated/α-hetero) is 1. The number of piperidine rings is 1. The van der Waals surface area contributed by atoms with Gasteiger partial charge in [-0.15, -0.1) is 0 Å². The van der Waals surface area contributed by atoms with Gasteiger partial charge < -0.3 is 14.5 Å². The van der Waals surface area contributed by atoms with Gasteiger partial charge in [-0.2, -0.15) is 0 Å². The number of methoxy groups -OCH3 is 1. The van der Waals surface area contributed by atoms with Crippen LogP contribution in [0.3, 0.4) is 0 Å². The van der Waals surface area contributed by atoms with Gasteiger partial charge in [0.1, 0.15) is 11.6 Å². The molecule has 188 valence electrons. The molecule has 0 unspecified atom stereocenters. The zero-order valence-electron chi connectivity index (χ0n) is 20.8. The number of likely N-dealkylation sites (tertiary alicyclic amines) is 1. The van der Waals surface area contributed by atoms with Crippen LogP contribution in [0.5, 0.6) is 5.75 Å². The lowest BCUT2D eigenvalue weighted by atomic mass is 9.90. The number of ketones is 1. The van der Waals surface area contributed by atoms with Gasteiger partial charge in [-0.3, -0.25) is 14.5 Å². The van der Waals surface area contributed by atoms with E-state index in [0.29, 0.717) is 49.9 Å². The summed E-state index contributed by atoms with van der Waals surface area (Å²) in [4.78, 5) is 30.5. The van der Waals surface area contributed by atoms with Crippen molar-refractivity contribution in [2.24, 2.45) is 5.92 Å². The van der Waals surface area contributed by atoms with Crippen LogP contribution >= 0.6 is 0 Å². The number of rotatable bonds is 8. The zero-order chi connectivity index (χ0) is 24.8. The summed E-state index contributed by atoms with van der Waals surface area (Å²) >= 11 is 0. The molecular weight excluding hydrogens is 445 g/mol. The molecular formula is C28H36FN3O3. The lowest BCUT2D eigenvalue weighted by Gasteiger charge is -2.38. The van der Waals surface area contributed by atoms with Gasteiger partial charge in [0.2, 0.25) is 5.91 Å². The second-order valence-electron chi connectivity index (χ2n) is 9.70. The molecule has 2 aromatic carbocycles. The Bertz CT molecular complexity index is 1010. The minimum absolute atomic E-state index is 0.146. The second kappa shape index (κ2) is 11.7. The van der Waals surface area contributed by atoms with Gasteiger partial charge in [0, 0.05) is 31.7 Å². The van der Waals surface area contributed by atoms with Crippen LogP contribution in [0.25, 0.3) is 0 Å². The number of piperazine rings is 1. The SMILES string of the molecule is COc1ccc(CCC2CCN(CC(=O)N3CCN(c4ccc(C(C)=O)cc4F)CC3)CC2)cc1. The van der Waals surface area contributed by atoms with Gasteiger partial charge in [-0.25, -0.2) is 4.39 Å². The number of anilines is 1. The van der Waals surface area contributed by atoms with Gasteiger partial charge in [0.25, 0.3) is 0 Å². The van der Waals surface area contributed by atoms with Gasteiger partial charge in [0.15, 0.2) is 5.78 Å². The minimum atomic E-state index is -0.382. The highest BCUT2D eigenvalue weighted by Gasteiger charge is 2.26. The Morgan fingerprint density at radius 2 is 1.66 bits per heavy atom. The lowest BCUT2D eigenvalue weighted by molar-refractivity contribution is -0.133. The fraction of sp³-hybridized carbons (Fsp3) is 0.500. The lowest BCUT2D eigenvalue weighted by Crippen LogP contribution is -2.52. The monoisotopic (exact) mass is 481 g/mol. The van der Waals surface area contributed by atoms with E-state index in [1.165, 1.54) is 25.0 Å². The van der Waals surface area contributed by atoms with Crippen molar-refractivity contribution < 1.29 is 18.7 Å². The Labute approximate surface area is 207 Å². The molecule has 0 aliphatic carbocycles. The van der Waals surface area contributed by atoms with Crippen molar-refractivity contribution in [1.82, 2.24) is 9.80 Å². The van der Waals surface area contributed by atoms with E-state index in [-0.39, 0.29) is 17.5 Å². The first-order valence-corrected chi connectivity index (χ1v) is 12.6. The summed E-state index contributed by atoms with van der Waals surface area (Å²) in [5.41, 5.74) is 2.22. The number of hydrogen-bond acceptors (Lipinski definition) is 5. The van der Waals surface area contributed by atoms with Gasteiger partial charge >= 0.3 is 0 Å². The number of aryl methyl sites for hydroxylation is 1. The Hall–Kier alpha value is -2.93. The zero-order valence-corrected chi connectivity index (χ0v) is 20.8. The summed E-state index contributed by atoms with van der Waals surface area (Å²) in [6, 6.07) is 13.0. The van der Waals surface area contributed by atoms with E-state index in [9.17, 15) is 14.0 Å². The predicted octanol–water partition coefficient (Wildman–Crippen LogP) is 4.03. The Kier molecular flexibility index (Phi) is 8.39. The molecule has 0 atom stereocenters. The number of halogens is 1. The number of ether oxygens (including phenoxy) is 1. The Morgan fingerprint density at radius 3 is 2.26 bits per heavy atom. The van der Waals surface area contributed by atoms with Crippen molar-refractivity contribution in [3.63, 3.8) is 0 Å². The molecule has 2 aliphatic heterocycles. The van der Waals surface area contributed by atoms with Crippen LogP contribution in [0, 0.1) is 11.7 Å². The van der Waals surface area contributed by atoms with Crippen LogP contribution in [0.15, 0.2) is 42.5 Å². The first-order chi connectivity index (χ1) is 16.9. The smallest absolute Gasteiger partial charge is 0.236 e. The van der Waals surface area contributed by atoms with Crippen molar-refractivity contribution in [1.29, 1.82) is 0 Å². The molecule has 4 rings (SSSR count). The molecule has 7 heteroatoms. The molecule has 2 aliphatic rings. The number of carbonyl (C=O) groups is 2. The molecule has 2 saturated heterocycles. The van der Waals surface area contributed by atoms with E-state index in [0.717, 1.165) is 38.1 Å². The molecule has 0 aromatic heterocycles. The summed E-state index contributed by atoms with van der Waals surface area (Å²) in [5.74, 6) is 1.23. The van der Waals surface area contributed by atoms with Crippen molar-refractivity contribution in [3.8, 4) is 5.75 Å². The molecule has 0 saturated carbocycles. The average Bonchev–Trinajstić information content (AvgIpc) is 2.88. The Balaban J connectivity index is 1.17. The van der Waals surface area contributed by atoms with Crippen LogP contribution in [0.2, 0.25) is 0 Å². The van der Waals surface area contributed by atoms with Gasteiger partial charge in [0.05, 0.1) is 19.3 Å². The summed E-state index contributed by atoms with van der Waals surface area (Å²) in [5, 5.41) is 0. The maximum absolute atomic E-state index is 14.5. The van der Waals surface area contributed by atoms with Crippen LogP contribution in [0.1, 0.15) is 42.1 Å². The van der Waals surface area contributed by atoms with E-state index < -0.39 is 0 Å². The third-order valence-corrected chi connectivity index (χ3v) is 7.39. The van der Waals surface area contributed by atoms with Crippen molar-refractivity contribution in [2.45, 2.75) is 32.6 Å². The molecule has 1 amide bonds. The number of hydrogen-bond donors (Lipinski definition) is 0. The summed E-state index contributed by atoms with van der Waals surface area (Å²) in [6.07, 6.45) is 4.52. The van der Waals surface area contributed by atoms with E-state index in [2.05, 4.69) is 17.0 Å². The maximum atomic E-state index is 14.5. The van der Waals surface area contributed by atoms with Gasteiger partial charge in [-0.05, 0) is 87.5 Å². The van der Waals surface area contributed by atoms with Crippen LogP contribution < -0.4 is 9.64 Å². The fourth-order valence-electron chi connectivity index (χ4n) is 5.07. The minimum Gasteiger partial charge on any atom is -0.497 e. The number of amides is 1. The first-order valence-electron chi connectivity index (χ1n) is 12.6. The molecule has 6 nitrogen and oxygen atoms in total. The molecule has 0 radical (unpaired) electrons. The number of nitrogens with zero attached hydrogens (tertiary/aromatic N) is 3. The number of benzene rings is 2. The number of carbonyl (C=O) groups excluding carboxylic acids is 2. The summed E-state index contributed by atoms with van der Waals surface area (Å²) in [7, 11) is 1.69. The quantitative estimate of drug-likeness (QED) is 0.533. The average molecular weight is 482 g/mol. The Morgan fingerprint density at radius 1 is 0.971 bits per heavy atom. The molecule has 0 bridgehead atoms. The maximum Gasteiger partial charge on any atom is 0.236 e. The highest BCUT2D eigenvalue weighted by atomic mass is 19.1. The van der Waals surface area contributed by atoms with E-state index in [4.69, 9.17) is 4.74 Å². The normalized spacial score (nSPS) is 17.5. The first kappa shape index (κ1) is 25.2. The summed E-state index contributed by atoms with van der Waals surface area (Å²) < 4.78 is 19.7. The van der Waals surface area contributed by atoms with Crippen molar-refractivity contribution in [2.75, 3.05) is 57.8 Å². The van der Waals surface area contributed by atoms with Crippen LogP contribution in [-0.4, -0.2) is 74.4 Å². The molecule has 2 aromatic rings. The highest BCUT2D eigenvalue weighted by Crippen LogP contribution is 2.24. The highest BCUT2D eigenvalue weighted by molar-refractivity contribution is 5.94. The summed E-state index contributed by atoms with van der Waals surface area (Å²) in [6.45, 7) is 6.19. The van der Waals surface area contributed by atoms with E-state index in [1.807, 2.05) is 21.9 Å². The molecule has 2 heterocycles. The van der Waals surface area contributed by atoms with Crippen LogP contribution in [-0.2, 0) is 11.2 Å². The topological polar surface area (TPSA) is 53.1 Å². The fourth-order valence-corrected chi connectivity index (χ4v) is 5.07. The van der Waals surface area contributed by atoms with Crippen molar-refractivity contribution in [3.05, 3.63) is 59.4 Å². The standard InChI is InChI=1S/C28H36FN3O3/c1-21(33)24-7-10-27(26(29)19-24)31-15-17-32(18-16-31)28(34)20-30-13-11-23(12-14-30)4-3-22-5-8-25(35-2)9-6-22/h5-10,19,23H,3-4,11-18,20H2,1-2H3. The molecule has 0 N–H and O–H groups in total. The predicted molar refractivity (Wildman–Crippen MR) is 136 cm³/mol. The van der Waals surface area contributed by atoms with E-state index in [1.54, 1.807) is 19.2 Å². The molecule has 35 heavy (non-hydrogen) atoms. The molecule has 0 spiro atoms. The third-order valence-electron chi connectivity index (χ3n) is 7.39. The molecule has 2 fully saturated rings. The largest absolute Gasteiger partial charge is 0.497 e. The van der Waals surface area contributed by atoms with Gasteiger partial charge in [-0.1, -0.05) is 12.1 Å².